The average molecular weight is 1330 g/mol. The van der Waals surface area contributed by atoms with E-state index in [1.54, 1.807) is 0 Å². The molecule has 0 aliphatic carbocycles. The second-order valence-electron chi connectivity index (χ2n) is 26.4. The number of phenols is 2. The Bertz CT molecular complexity index is 3310. The van der Waals surface area contributed by atoms with Gasteiger partial charge in [-0.2, -0.15) is 148 Å². The third-order valence-electron chi connectivity index (χ3n) is 15.0. The van der Waals surface area contributed by atoms with Crippen LogP contribution in [0.5, 0.6) is 11.5 Å². The topological polar surface area (TPSA) is 65.2 Å². The van der Waals surface area contributed by atoms with Crippen LogP contribution in [0.4, 0.5) is 11.4 Å². The molecule has 4 nitrogen and oxygen atoms in total. The number of hydrogen-bond acceptors (Lipinski definition) is 4. The monoisotopic (exact) mass is 1330 g/mol. The van der Waals surface area contributed by atoms with Gasteiger partial charge in [-0.25, -0.2) is 0 Å². The number of nitrogens with zero attached hydrogens (tertiary/aromatic N) is 2. The number of benzene rings is 10. The molecule has 0 bridgehead atoms. The van der Waals surface area contributed by atoms with E-state index in [4.69, 9.17) is 9.98 Å². The van der Waals surface area contributed by atoms with Crippen LogP contribution in [-0.2, 0) is 60.7 Å². The summed E-state index contributed by atoms with van der Waals surface area (Å²) in [7, 11) is 0. The Morgan fingerprint density at radius 1 is 0.316 bits per heavy atom. The maximum atomic E-state index is 11.9. The van der Waals surface area contributed by atoms with Crippen molar-refractivity contribution in [3.8, 4) is 11.5 Å². The first-order valence-corrected chi connectivity index (χ1v) is 32.4. The van der Waals surface area contributed by atoms with Crippen LogP contribution in [0.1, 0.15) is 210 Å². The van der Waals surface area contributed by atoms with Crippen molar-refractivity contribution in [1.82, 2.24) is 0 Å². The van der Waals surface area contributed by atoms with E-state index in [1.807, 2.05) is 194 Å². The summed E-state index contributed by atoms with van der Waals surface area (Å²) >= 11 is 0. The Hall–Kier alpha value is -8.21. The summed E-state index contributed by atoms with van der Waals surface area (Å²) in [6.07, 6.45) is 4.00. The molecule has 0 fully saturated rings. The average Bonchev–Trinajstić information content (AvgIpc) is 0.799. The van der Waals surface area contributed by atoms with E-state index in [1.165, 1.54) is 22.3 Å². The standard InChI is InChI=1S/C47H62N2O2.6C7H7.2Ti/c1-28(2)38-17-15-18-39(29(3)4)42(38)48-26-34-24-36(46(9,10)11)22-32(44(34)50)21-33-23-37(47(12,13)14)25-35(45(33)51)27-49-43-40(30(5)6)19-16-20-41(43)31(7)8;6*1-7-5-3-2-4-6-7;;/h15-20,22-31,50-51H,21H2,1-14H3;6*2-6H,1H2;;/q;6*-1;2*+3. The van der Waals surface area contributed by atoms with E-state index in [0.717, 1.165) is 67.0 Å². The van der Waals surface area contributed by atoms with Crippen molar-refractivity contribution in [2.45, 2.75) is 138 Å². The van der Waals surface area contributed by atoms with Crippen LogP contribution in [0.2, 0.25) is 0 Å². The van der Waals surface area contributed by atoms with E-state index in [-0.39, 0.29) is 65.8 Å². The van der Waals surface area contributed by atoms with Crippen molar-refractivity contribution >= 4 is 23.8 Å². The number of rotatable bonds is 10. The van der Waals surface area contributed by atoms with Gasteiger partial charge in [-0.05, 0) is 91.1 Å². The fourth-order valence-corrected chi connectivity index (χ4v) is 9.43. The first-order valence-electron chi connectivity index (χ1n) is 32.4. The molecule has 10 aromatic rings. The third-order valence-corrected chi connectivity index (χ3v) is 15.0. The molecule has 95 heavy (non-hydrogen) atoms. The summed E-state index contributed by atoms with van der Waals surface area (Å²) in [5.41, 5.74) is 17.8. The van der Waals surface area contributed by atoms with Crippen LogP contribution in [0, 0.1) is 41.5 Å². The van der Waals surface area contributed by atoms with E-state index >= 15 is 0 Å². The minimum atomic E-state index is -0.172. The van der Waals surface area contributed by atoms with Gasteiger partial charge in [-0.15, -0.1) is 72.8 Å². The molecule has 10 aromatic carbocycles. The van der Waals surface area contributed by atoms with Crippen LogP contribution in [-0.4, -0.2) is 22.6 Å². The molecule has 0 saturated carbocycles. The molecule has 0 aliphatic rings. The van der Waals surface area contributed by atoms with Gasteiger partial charge >= 0.3 is 43.4 Å². The van der Waals surface area contributed by atoms with Crippen molar-refractivity contribution in [3.05, 3.63) is 373 Å². The molecule has 2 N–H and O–H groups in total. The largest absolute Gasteiger partial charge is 3.00 e. The van der Waals surface area contributed by atoms with Crippen molar-refractivity contribution in [2.75, 3.05) is 0 Å². The van der Waals surface area contributed by atoms with Gasteiger partial charge in [-0.1, -0.05) is 182 Å². The van der Waals surface area contributed by atoms with Crippen molar-refractivity contribution < 1.29 is 53.6 Å². The molecule has 0 unspecified atom stereocenters. The van der Waals surface area contributed by atoms with Gasteiger partial charge in [0.1, 0.15) is 11.5 Å². The molecule has 0 spiro atoms. The molecule has 0 saturated heterocycles. The summed E-state index contributed by atoms with van der Waals surface area (Å²) in [6, 6.07) is 80.3. The Kier molecular flexibility index (Phi) is 36.9. The second kappa shape index (κ2) is 42.3. The van der Waals surface area contributed by atoms with E-state index in [0.29, 0.717) is 41.2 Å². The molecule has 0 aromatic heterocycles. The van der Waals surface area contributed by atoms with E-state index < -0.39 is 0 Å². The van der Waals surface area contributed by atoms with Gasteiger partial charge in [0.2, 0.25) is 0 Å². The number of hydrogen-bond donors (Lipinski definition) is 2. The Labute approximate surface area is 605 Å². The molecule has 0 amide bonds. The zero-order valence-corrected chi connectivity index (χ0v) is 62.4. The third kappa shape index (κ3) is 30.0. The van der Waals surface area contributed by atoms with Crippen molar-refractivity contribution in [2.24, 2.45) is 9.98 Å². The van der Waals surface area contributed by atoms with E-state index in [2.05, 4.69) is 199 Å². The molecule has 6 heteroatoms. The molecule has 0 aliphatic heterocycles. The Morgan fingerprint density at radius 2 is 0.516 bits per heavy atom. The molecule has 10 rings (SSSR count). The summed E-state index contributed by atoms with van der Waals surface area (Å²) < 4.78 is 0. The zero-order chi connectivity index (χ0) is 68.7. The van der Waals surface area contributed by atoms with E-state index in [9.17, 15) is 10.2 Å². The van der Waals surface area contributed by atoms with Gasteiger partial charge in [0, 0.05) is 30.0 Å². The first-order chi connectivity index (χ1) is 44.1. The molecular weight excluding hydrogens is 1220 g/mol. The Morgan fingerprint density at radius 3 is 0.674 bits per heavy atom. The van der Waals surface area contributed by atoms with Crippen LogP contribution in [0.15, 0.2) is 253 Å². The quantitative estimate of drug-likeness (QED) is 0.0814. The zero-order valence-electron chi connectivity index (χ0n) is 59.3. The van der Waals surface area contributed by atoms with Crippen molar-refractivity contribution in [1.29, 1.82) is 0 Å². The van der Waals surface area contributed by atoms with Crippen LogP contribution in [0.3, 0.4) is 0 Å². The van der Waals surface area contributed by atoms with Gasteiger partial charge in [-0.3, -0.25) is 9.98 Å². The minimum Gasteiger partial charge on any atom is -0.507 e. The SMILES string of the molecule is CC(C)c1cccc(C(C)C)c1N=Cc1cc(C(C)(C)C)cc(Cc2cc(C(C)(C)C)cc(C=Nc3c(C(C)C)cccc3C(C)C)c2O)c1O.[CH2-]c1ccccc1.[CH2-]c1ccccc1.[CH2-]c1ccccc1.[CH2-]c1ccccc1.[CH2-]c1ccccc1.[CH2-]c1ccccc1.[Ti+3].[Ti+3]. The number of aliphatic imine (C=N–C) groups is 2. The number of aromatic hydroxyl groups is 2. The number of phenolic OH excluding ortho intramolecular Hbond substituents is 2. The molecular formula is C89H104N2O2Ti2. The van der Waals surface area contributed by atoms with Crippen molar-refractivity contribution in [3.63, 3.8) is 0 Å². The molecule has 0 atom stereocenters. The van der Waals surface area contributed by atoms with Crippen LogP contribution < -0.4 is 0 Å². The predicted molar refractivity (Wildman–Crippen MR) is 406 cm³/mol. The first kappa shape index (κ1) is 82.9. The summed E-state index contributed by atoms with van der Waals surface area (Å²) in [5.74, 6) is 1.62. The van der Waals surface area contributed by atoms with Gasteiger partial charge < -0.3 is 10.2 Å². The molecule has 0 heterocycles. The Balaban J connectivity index is 0.000000545. The normalized spacial score (nSPS) is 10.7. The second-order valence-corrected chi connectivity index (χ2v) is 26.4. The number of para-hydroxylation sites is 2. The van der Waals surface area contributed by atoms with Gasteiger partial charge in [0.15, 0.2) is 0 Å². The minimum absolute atomic E-state index is 0. The van der Waals surface area contributed by atoms with Crippen LogP contribution >= 0.6 is 0 Å². The molecule has 490 valence electrons. The fourth-order valence-electron chi connectivity index (χ4n) is 9.43. The fraction of sp³-hybridized carbons (Fsp3) is 0.236. The smallest absolute Gasteiger partial charge is 0.507 e. The summed E-state index contributed by atoms with van der Waals surface area (Å²) in [6.45, 7) is 53.0. The van der Waals surface area contributed by atoms with Crippen LogP contribution in [0.25, 0.3) is 0 Å². The van der Waals surface area contributed by atoms with Gasteiger partial charge in [0.25, 0.3) is 0 Å². The maximum Gasteiger partial charge on any atom is 3.00 e. The predicted octanol–water partition coefficient (Wildman–Crippen LogP) is 24.5. The maximum absolute atomic E-state index is 11.9. The van der Waals surface area contributed by atoms with Gasteiger partial charge in [0.05, 0.1) is 11.4 Å². The summed E-state index contributed by atoms with van der Waals surface area (Å²) in [5, 5.41) is 23.8. The summed E-state index contributed by atoms with van der Waals surface area (Å²) in [4.78, 5) is 10.1. The molecule has 2 radical (unpaired) electrons.